The van der Waals surface area contributed by atoms with E-state index < -0.39 is 0 Å². The van der Waals surface area contributed by atoms with Crippen LogP contribution < -0.4 is 10.6 Å². The summed E-state index contributed by atoms with van der Waals surface area (Å²) in [5, 5.41) is 5.78. The van der Waals surface area contributed by atoms with Gasteiger partial charge in [0.1, 0.15) is 0 Å². The van der Waals surface area contributed by atoms with Gasteiger partial charge >= 0.3 is 0 Å². The maximum Gasteiger partial charge on any atom is 0.255 e. The number of carbonyl (C=O) groups excluding carboxylic acids is 2. The summed E-state index contributed by atoms with van der Waals surface area (Å²) in [4.78, 5) is 25.0. The fraction of sp³-hybridized carbons (Fsp3) is 0.167. The third-order valence-electron chi connectivity index (χ3n) is 5.14. The highest BCUT2D eigenvalue weighted by Gasteiger charge is 2.26. The van der Waals surface area contributed by atoms with Crippen LogP contribution in [0.3, 0.4) is 0 Å². The van der Waals surface area contributed by atoms with Crippen LogP contribution >= 0.6 is 0 Å². The first kappa shape index (κ1) is 18.0. The Bertz CT molecular complexity index is 1040. The lowest BCUT2D eigenvalue weighted by atomic mass is 9.93. The maximum atomic E-state index is 12.5. The second-order valence-corrected chi connectivity index (χ2v) is 7.29. The molecule has 4 nitrogen and oxygen atoms in total. The molecule has 0 fully saturated rings. The van der Waals surface area contributed by atoms with E-state index in [1.165, 1.54) is 5.56 Å². The van der Waals surface area contributed by atoms with Crippen molar-refractivity contribution in [1.29, 1.82) is 0 Å². The van der Waals surface area contributed by atoms with E-state index >= 15 is 0 Å². The van der Waals surface area contributed by atoms with Gasteiger partial charge in [-0.25, -0.2) is 0 Å². The van der Waals surface area contributed by atoms with Crippen molar-refractivity contribution in [2.75, 3.05) is 5.32 Å². The topological polar surface area (TPSA) is 58.2 Å². The van der Waals surface area contributed by atoms with Crippen molar-refractivity contribution >= 4 is 17.5 Å². The molecule has 2 amide bonds. The lowest BCUT2D eigenvalue weighted by Crippen LogP contribution is -2.17. The Morgan fingerprint density at radius 1 is 0.964 bits per heavy atom. The Morgan fingerprint density at radius 3 is 2.36 bits per heavy atom. The van der Waals surface area contributed by atoms with Crippen LogP contribution in [0.5, 0.6) is 0 Å². The summed E-state index contributed by atoms with van der Waals surface area (Å²) in [6, 6.07) is 21.2. The van der Waals surface area contributed by atoms with Crippen LogP contribution in [-0.2, 0) is 6.54 Å². The second kappa shape index (κ2) is 7.31. The molecule has 2 N–H and O–H groups in total. The van der Waals surface area contributed by atoms with Gasteiger partial charge in [-0.3, -0.25) is 9.59 Å². The SMILES string of the molecule is CC(C)c1ccc(-c2ccc(NC(=O)c3ccccc3)c3c2CNC3=O)cc1. The Morgan fingerprint density at radius 2 is 1.68 bits per heavy atom. The number of nitrogens with one attached hydrogen (secondary N) is 2. The average Bonchev–Trinajstić information content (AvgIpc) is 3.11. The molecule has 1 heterocycles. The molecule has 0 spiro atoms. The lowest BCUT2D eigenvalue weighted by Gasteiger charge is -2.14. The number of hydrogen-bond donors (Lipinski definition) is 2. The summed E-state index contributed by atoms with van der Waals surface area (Å²) < 4.78 is 0. The molecule has 0 aliphatic carbocycles. The Kier molecular flexibility index (Phi) is 4.70. The first-order chi connectivity index (χ1) is 13.5. The van der Waals surface area contributed by atoms with Crippen LogP contribution in [0.15, 0.2) is 66.7 Å². The highest BCUT2D eigenvalue weighted by Crippen LogP contribution is 2.34. The average molecular weight is 370 g/mol. The summed E-state index contributed by atoms with van der Waals surface area (Å²) in [7, 11) is 0. The third kappa shape index (κ3) is 3.29. The molecule has 0 saturated heterocycles. The number of hydrogen-bond acceptors (Lipinski definition) is 2. The lowest BCUT2D eigenvalue weighted by molar-refractivity contribution is 0.0966. The van der Waals surface area contributed by atoms with Crippen molar-refractivity contribution in [3.05, 3.63) is 89.0 Å². The van der Waals surface area contributed by atoms with Gasteiger partial charge in [-0.15, -0.1) is 0 Å². The van der Waals surface area contributed by atoms with Crippen molar-refractivity contribution in [1.82, 2.24) is 5.32 Å². The van der Waals surface area contributed by atoms with E-state index in [0.29, 0.717) is 29.3 Å². The van der Waals surface area contributed by atoms with Gasteiger partial charge < -0.3 is 10.6 Å². The Labute approximate surface area is 164 Å². The molecule has 0 atom stereocenters. The second-order valence-electron chi connectivity index (χ2n) is 7.29. The summed E-state index contributed by atoms with van der Waals surface area (Å²) >= 11 is 0. The Balaban J connectivity index is 1.71. The maximum absolute atomic E-state index is 12.5. The summed E-state index contributed by atoms with van der Waals surface area (Å²) in [6.45, 7) is 4.80. The number of amides is 2. The molecule has 1 aliphatic heterocycles. The predicted molar refractivity (Wildman–Crippen MR) is 112 cm³/mol. The first-order valence-electron chi connectivity index (χ1n) is 9.45. The molecular weight excluding hydrogens is 348 g/mol. The zero-order valence-corrected chi connectivity index (χ0v) is 16.0. The molecule has 3 aromatic carbocycles. The Hall–Kier alpha value is -3.40. The molecule has 0 radical (unpaired) electrons. The molecule has 28 heavy (non-hydrogen) atoms. The van der Waals surface area contributed by atoms with Crippen LogP contribution in [-0.4, -0.2) is 11.8 Å². The predicted octanol–water partition coefficient (Wildman–Crippen LogP) is 4.97. The van der Waals surface area contributed by atoms with E-state index in [2.05, 4.69) is 48.7 Å². The first-order valence-corrected chi connectivity index (χ1v) is 9.45. The van der Waals surface area contributed by atoms with Crippen LogP contribution in [0.4, 0.5) is 5.69 Å². The van der Waals surface area contributed by atoms with Gasteiger partial charge in [0.05, 0.1) is 11.3 Å². The minimum atomic E-state index is -0.225. The van der Waals surface area contributed by atoms with Crippen LogP contribution in [0.1, 0.15) is 51.6 Å². The quantitative estimate of drug-likeness (QED) is 0.681. The molecule has 1 aliphatic rings. The molecule has 0 unspecified atom stereocenters. The fourth-order valence-corrected chi connectivity index (χ4v) is 3.55. The number of carbonyl (C=O) groups is 2. The number of fused-ring (bicyclic) bond motifs is 1. The normalized spacial score (nSPS) is 12.6. The van der Waals surface area contributed by atoms with Crippen molar-refractivity contribution in [3.63, 3.8) is 0 Å². The molecule has 4 rings (SSSR count). The van der Waals surface area contributed by atoms with Gasteiger partial charge in [0.15, 0.2) is 0 Å². The summed E-state index contributed by atoms with van der Waals surface area (Å²) in [6.07, 6.45) is 0. The molecule has 4 heteroatoms. The number of rotatable bonds is 4. The molecular formula is C24H22N2O2. The van der Waals surface area contributed by atoms with Gasteiger partial charge in [0.25, 0.3) is 11.8 Å². The third-order valence-corrected chi connectivity index (χ3v) is 5.14. The minimum Gasteiger partial charge on any atom is -0.348 e. The highest BCUT2D eigenvalue weighted by molar-refractivity contribution is 6.11. The van der Waals surface area contributed by atoms with Crippen molar-refractivity contribution in [3.8, 4) is 11.1 Å². The minimum absolute atomic E-state index is 0.154. The smallest absolute Gasteiger partial charge is 0.255 e. The van der Waals surface area contributed by atoms with E-state index in [4.69, 9.17) is 0 Å². The molecule has 0 aromatic heterocycles. The highest BCUT2D eigenvalue weighted by atomic mass is 16.2. The van der Waals surface area contributed by atoms with E-state index in [1.807, 2.05) is 30.3 Å². The van der Waals surface area contributed by atoms with E-state index in [0.717, 1.165) is 16.7 Å². The zero-order valence-electron chi connectivity index (χ0n) is 16.0. The largest absolute Gasteiger partial charge is 0.348 e. The standard InChI is InChI=1S/C24H22N2O2/c1-15(2)16-8-10-17(11-9-16)19-12-13-21(22-20(19)14-25-24(22)28)26-23(27)18-6-4-3-5-7-18/h3-13,15H,14H2,1-2H3,(H,25,28)(H,26,27). The zero-order chi connectivity index (χ0) is 19.7. The number of anilines is 1. The van der Waals surface area contributed by atoms with Gasteiger partial charge in [0.2, 0.25) is 0 Å². The van der Waals surface area contributed by atoms with E-state index in [9.17, 15) is 9.59 Å². The molecule has 3 aromatic rings. The van der Waals surface area contributed by atoms with Gasteiger partial charge in [-0.05, 0) is 46.4 Å². The van der Waals surface area contributed by atoms with Crippen molar-refractivity contribution in [2.45, 2.75) is 26.3 Å². The van der Waals surface area contributed by atoms with E-state index in [-0.39, 0.29) is 11.8 Å². The molecule has 0 bridgehead atoms. The van der Waals surface area contributed by atoms with Gasteiger partial charge in [0, 0.05) is 12.1 Å². The van der Waals surface area contributed by atoms with Crippen LogP contribution in [0.25, 0.3) is 11.1 Å². The molecule has 0 saturated carbocycles. The monoisotopic (exact) mass is 370 g/mol. The van der Waals surface area contributed by atoms with Crippen LogP contribution in [0.2, 0.25) is 0 Å². The van der Waals surface area contributed by atoms with Gasteiger partial charge in [-0.2, -0.15) is 0 Å². The van der Waals surface area contributed by atoms with Crippen molar-refractivity contribution in [2.24, 2.45) is 0 Å². The molecule has 140 valence electrons. The summed E-state index contributed by atoms with van der Waals surface area (Å²) in [5.74, 6) is 0.0918. The van der Waals surface area contributed by atoms with Crippen LogP contribution in [0, 0.1) is 0 Å². The fourth-order valence-electron chi connectivity index (χ4n) is 3.55. The summed E-state index contributed by atoms with van der Waals surface area (Å²) in [5.41, 5.74) is 5.94. The number of benzene rings is 3. The van der Waals surface area contributed by atoms with Gasteiger partial charge in [-0.1, -0.05) is 62.4 Å². The van der Waals surface area contributed by atoms with Crippen molar-refractivity contribution < 1.29 is 9.59 Å². The van der Waals surface area contributed by atoms with E-state index in [1.54, 1.807) is 12.1 Å².